The Kier molecular flexibility index (Phi) is 4.68. The minimum Gasteiger partial charge on any atom is -0.307 e. The fraction of sp³-hybridized carbons (Fsp3) is 0.600. The van der Waals surface area contributed by atoms with E-state index in [0.29, 0.717) is 6.42 Å². The highest BCUT2D eigenvalue weighted by Gasteiger charge is 2.42. The molecule has 0 aliphatic heterocycles. The minimum atomic E-state index is -4.10. The third-order valence-corrected chi connectivity index (χ3v) is 3.99. The summed E-state index contributed by atoms with van der Waals surface area (Å²) in [5, 5.41) is 3.23. The first-order chi connectivity index (χ1) is 9.36. The van der Waals surface area contributed by atoms with Crippen molar-refractivity contribution in [2.24, 2.45) is 5.92 Å². The van der Waals surface area contributed by atoms with Crippen LogP contribution in [0, 0.1) is 11.7 Å². The van der Waals surface area contributed by atoms with E-state index < -0.39 is 12.1 Å². The van der Waals surface area contributed by atoms with Gasteiger partial charge < -0.3 is 5.32 Å². The van der Waals surface area contributed by atoms with Gasteiger partial charge in [-0.1, -0.05) is 18.6 Å². The molecule has 5 heteroatoms. The van der Waals surface area contributed by atoms with E-state index in [9.17, 15) is 17.6 Å². The zero-order valence-corrected chi connectivity index (χ0v) is 11.4. The molecule has 2 rings (SSSR count). The number of rotatable bonds is 3. The maximum Gasteiger partial charge on any atom is 0.391 e. The Morgan fingerprint density at radius 3 is 2.40 bits per heavy atom. The zero-order valence-electron chi connectivity index (χ0n) is 11.4. The minimum absolute atomic E-state index is 0.0763. The van der Waals surface area contributed by atoms with Crippen molar-refractivity contribution in [3.8, 4) is 0 Å². The molecule has 1 aromatic carbocycles. The predicted octanol–water partition coefficient (Wildman–Crippen LogP) is 4.60. The summed E-state index contributed by atoms with van der Waals surface area (Å²) >= 11 is 0. The summed E-state index contributed by atoms with van der Waals surface area (Å²) in [5.41, 5.74) is 0.889. The van der Waals surface area contributed by atoms with Gasteiger partial charge in [0.2, 0.25) is 0 Å². The Balaban J connectivity index is 1.94. The van der Waals surface area contributed by atoms with Crippen molar-refractivity contribution >= 4 is 0 Å². The molecule has 1 aromatic rings. The number of hydrogen-bond acceptors (Lipinski definition) is 1. The Bertz CT molecular complexity index is 426. The molecule has 0 bridgehead atoms. The maximum atomic E-state index is 12.8. The molecule has 0 aromatic heterocycles. The second kappa shape index (κ2) is 6.12. The van der Waals surface area contributed by atoms with Gasteiger partial charge in [-0.15, -0.1) is 0 Å². The Hall–Kier alpha value is -1.10. The van der Waals surface area contributed by atoms with Gasteiger partial charge in [0.05, 0.1) is 5.92 Å². The van der Waals surface area contributed by atoms with Gasteiger partial charge in [0.15, 0.2) is 0 Å². The van der Waals surface area contributed by atoms with Crippen LogP contribution in [0.25, 0.3) is 0 Å². The molecule has 1 aliphatic carbocycles. The Morgan fingerprint density at radius 1 is 1.15 bits per heavy atom. The van der Waals surface area contributed by atoms with Crippen molar-refractivity contribution in [3.63, 3.8) is 0 Å². The lowest BCUT2D eigenvalue weighted by atomic mass is 9.85. The first-order valence-electron chi connectivity index (χ1n) is 6.94. The van der Waals surface area contributed by atoms with Crippen molar-refractivity contribution in [1.82, 2.24) is 5.32 Å². The fourth-order valence-corrected chi connectivity index (χ4v) is 2.84. The van der Waals surface area contributed by atoms with Gasteiger partial charge in [-0.2, -0.15) is 13.2 Å². The summed E-state index contributed by atoms with van der Waals surface area (Å²) in [6, 6.07) is 5.86. The van der Waals surface area contributed by atoms with E-state index >= 15 is 0 Å². The molecule has 1 fully saturated rings. The SMILES string of the molecule is C[C@H](NC1CCCC(C(F)(F)F)C1)c1ccc(F)cc1. The van der Waals surface area contributed by atoms with Gasteiger partial charge >= 0.3 is 6.18 Å². The highest BCUT2D eigenvalue weighted by atomic mass is 19.4. The highest BCUT2D eigenvalue weighted by Crippen LogP contribution is 2.38. The van der Waals surface area contributed by atoms with Gasteiger partial charge in [0, 0.05) is 12.1 Å². The van der Waals surface area contributed by atoms with Crippen LogP contribution in [0.3, 0.4) is 0 Å². The van der Waals surface area contributed by atoms with Gasteiger partial charge in [-0.3, -0.25) is 0 Å². The van der Waals surface area contributed by atoms with Crippen LogP contribution in [0.5, 0.6) is 0 Å². The quantitative estimate of drug-likeness (QED) is 0.802. The van der Waals surface area contributed by atoms with E-state index in [1.807, 2.05) is 6.92 Å². The second-order valence-electron chi connectivity index (χ2n) is 5.54. The van der Waals surface area contributed by atoms with Gasteiger partial charge in [0.1, 0.15) is 5.82 Å². The lowest BCUT2D eigenvalue weighted by molar-refractivity contribution is -0.183. The molecule has 0 heterocycles. The average molecular weight is 289 g/mol. The van der Waals surface area contributed by atoms with Crippen LogP contribution >= 0.6 is 0 Å². The number of benzene rings is 1. The number of halogens is 4. The molecule has 20 heavy (non-hydrogen) atoms. The molecule has 2 unspecified atom stereocenters. The van der Waals surface area contributed by atoms with Crippen molar-refractivity contribution < 1.29 is 17.6 Å². The maximum absolute atomic E-state index is 12.8. The standard InChI is InChI=1S/C15H19F4N/c1-10(11-5-7-13(16)8-6-11)20-14-4-2-3-12(9-14)15(17,18)19/h5-8,10,12,14,20H,2-4,9H2,1H3/t10-,12?,14?/m0/s1. The summed E-state index contributed by atoms with van der Waals surface area (Å²) in [5.74, 6) is -1.51. The van der Waals surface area contributed by atoms with Gasteiger partial charge in [-0.25, -0.2) is 4.39 Å². The fourth-order valence-electron chi connectivity index (χ4n) is 2.84. The Morgan fingerprint density at radius 2 is 1.80 bits per heavy atom. The van der Waals surface area contributed by atoms with Crippen molar-refractivity contribution in [1.29, 1.82) is 0 Å². The van der Waals surface area contributed by atoms with E-state index in [-0.39, 0.29) is 30.7 Å². The largest absolute Gasteiger partial charge is 0.391 e. The summed E-state index contributed by atoms with van der Waals surface area (Å²) in [7, 11) is 0. The van der Waals surface area contributed by atoms with Crippen molar-refractivity contribution in [2.45, 2.75) is 50.9 Å². The number of hydrogen-bond donors (Lipinski definition) is 1. The zero-order chi connectivity index (χ0) is 14.8. The monoisotopic (exact) mass is 289 g/mol. The lowest BCUT2D eigenvalue weighted by Gasteiger charge is -2.33. The van der Waals surface area contributed by atoms with Crippen LogP contribution in [0.15, 0.2) is 24.3 Å². The van der Waals surface area contributed by atoms with Crippen molar-refractivity contribution in [2.75, 3.05) is 0 Å². The molecule has 3 atom stereocenters. The third-order valence-electron chi connectivity index (χ3n) is 3.99. The normalized spacial score (nSPS) is 25.4. The number of nitrogens with one attached hydrogen (secondary N) is 1. The van der Waals surface area contributed by atoms with Crippen LogP contribution in [-0.4, -0.2) is 12.2 Å². The topological polar surface area (TPSA) is 12.0 Å². The molecule has 1 nitrogen and oxygen atoms in total. The smallest absolute Gasteiger partial charge is 0.307 e. The summed E-state index contributed by atoms with van der Waals surface area (Å²) in [6.45, 7) is 1.89. The van der Waals surface area contributed by atoms with Crippen LogP contribution < -0.4 is 5.32 Å². The molecule has 0 amide bonds. The van der Waals surface area contributed by atoms with Crippen LogP contribution in [0.2, 0.25) is 0 Å². The summed E-state index contributed by atoms with van der Waals surface area (Å²) < 4.78 is 51.1. The van der Waals surface area contributed by atoms with Crippen molar-refractivity contribution in [3.05, 3.63) is 35.6 Å². The van der Waals surface area contributed by atoms with Gasteiger partial charge in [-0.05, 0) is 43.9 Å². The van der Waals surface area contributed by atoms with E-state index in [2.05, 4.69) is 5.32 Å². The number of alkyl halides is 3. The molecular formula is C15H19F4N. The van der Waals surface area contributed by atoms with Crippen LogP contribution in [0.4, 0.5) is 17.6 Å². The predicted molar refractivity (Wildman–Crippen MR) is 69.8 cm³/mol. The molecule has 1 saturated carbocycles. The molecule has 1 N–H and O–H groups in total. The molecule has 112 valence electrons. The summed E-state index contributed by atoms with van der Waals surface area (Å²) in [6.07, 6.45) is -2.38. The molecule has 0 spiro atoms. The first-order valence-corrected chi connectivity index (χ1v) is 6.94. The third kappa shape index (κ3) is 3.95. The van der Waals surface area contributed by atoms with E-state index in [0.717, 1.165) is 12.0 Å². The molecular weight excluding hydrogens is 270 g/mol. The molecule has 1 aliphatic rings. The van der Waals surface area contributed by atoms with Crippen LogP contribution in [0.1, 0.15) is 44.2 Å². The second-order valence-corrected chi connectivity index (χ2v) is 5.54. The average Bonchev–Trinajstić information content (AvgIpc) is 2.38. The van der Waals surface area contributed by atoms with E-state index in [1.165, 1.54) is 12.1 Å². The summed E-state index contributed by atoms with van der Waals surface area (Å²) in [4.78, 5) is 0. The lowest BCUT2D eigenvalue weighted by Crippen LogP contribution is -2.39. The van der Waals surface area contributed by atoms with E-state index in [1.54, 1.807) is 12.1 Å². The highest BCUT2D eigenvalue weighted by molar-refractivity contribution is 5.19. The Labute approximate surface area is 116 Å². The molecule has 0 radical (unpaired) electrons. The molecule has 0 saturated heterocycles. The van der Waals surface area contributed by atoms with Gasteiger partial charge in [0.25, 0.3) is 0 Å². The first kappa shape index (κ1) is 15.3. The van der Waals surface area contributed by atoms with E-state index in [4.69, 9.17) is 0 Å². The van der Waals surface area contributed by atoms with Crippen LogP contribution in [-0.2, 0) is 0 Å².